The molecule has 0 spiro atoms. The number of anilines is 1. The largest absolute Gasteiger partial charge is 0.371 e. The van der Waals surface area contributed by atoms with E-state index in [1.807, 2.05) is 25.4 Å². The summed E-state index contributed by atoms with van der Waals surface area (Å²) >= 11 is 0. The van der Waals surface area contributed by atoms with Gasteiger partial charge in [0.15, 0.2) is 0 Å². The van der Waals surface area contributed by atoms with Gasteiger partial charge in [0.2, 0.25) is 0 Å². The van der Waals surface area contributed by atoms with Crippen LogP contribution in [0.1, 0.15) is 24.0 Å². The molecule has 23 heavy (non-hydrogen) atoms. The minimum atomic E-state index is -0.154. The molecule has 2 heterocycles. The molecule has 1 aliphatic heterocycles. The van der Waals surface area contributed by atoms with E-state index in [0.717, 1.165) is 44.5 Å². The first kappa shape index (κ1) is 15.9. The van der Waals surface area contributed by atoms with Gasteiger partial charge in [-0.1, -0.05) is 0 Å². The summed E-state index contributed by atoms with van der Waals surface area (Å²) in [5.74, 6) is -0.154. The number of benzene rings is 1. The Kier molecular flexibility index (Phi) is 5.23. The van der Waals surface area contributed by atoms with Gasteiger partial charge < -0.3 is 10.2 Å². The molecule has 1 N–H and O–H groups in total. The zero-order chi connectivity index (χ0) is 16.1. The molecule has 0 unspecified atom stereocenters. The second-order valence-electron chi connectivity index (χ2n) is 6.25. The van der Waals surface area contributed by atoms with E-state index in [-0.39, 0.29) is 5.82 Å². The van der Waals surface area contributed by atoms with Gasteiger partial charge in [-0.15, -0.1) is 0 Å². The van der Waals surface area contributed by atoms with Crippen LogP contribution in [0.3, 0.4) is 0 Å². The molecule has 0 atom stereocenters. The van der Waals surface area contributed by atoms with Gasteiger partial charge in [0.25, 0.3) is 0 Å². The van der Waals surface area contributed by atoms with Gasteiger partial charge in [0.05, 0.1) is 0 Å². The number of hydrogen-bond donors (Lipinski definition) is 1. The van der Waals surface area contributed by atoms with Gasteiger partial charge in [-0.05, 0) is 74.2 Å². The molecule has 122 valence electrons. The van der Waals surface area contributed by atoms with E-state index < -0.39 is 0 Å². The van der Waals surface area contributed by atoms with Crippen molar-refractivity contribution in [3.8, 4) is 0 Å². The molecule has 3 rings (SSSR count). The number of pyridine rings is 1. The lowest BCUT2D eigenvalue weighted by Crippen LogP contribution is -2.43. The monoisotopic (exact) mass is 313 g/mol. The fraction of sp³-hybridized carbons (Fsp3) is 0.421. The van der Waals surface area contributed by atoms with Crippen molar-refractivity contribution in [2.24, 2.45) is 0 Å². The third-order valence-electron chi connectivity index (χ3n) is 4.59. The Morgan fingerprint density at radius 2 is 1.91 bits per heavy atom. The first-order valence-corrected chi connectivity index (χ1v) is 8.36. The van der Waals surface area contributed by atoms with Crippen LogP contribution in [0.25, 0.3) is 0 Å². The Balaban J connectivity index is 1.45. The van der Waals surface area contributed by atoms with Crippen LogP contribution in [0.4, 0.5) is 10.1 Å². The first-order chi connectivity index (χ1) is 11.2. The predicted octanol–water partition coefficient (Wildman–Crippen LogP) is 3.33. The fourth-order valence-electron chi connectivity index (χ4n) is 3.27. The molecule has 1 aromatic heterocycles. The molecular formula is C19H24FN3. The maximum atomic E-state index is 13.2. The van der Waals surface area contributed by atoms with Crippen LogP contribution in [-0.2, 0) is 6.42 Å². The van der Waals surface area contributed by atoms with E-state index in [1.165, 1.54) is 11.3 Å². The second-order valence-corrected chi connectivity index (χ2v) is 6.25. The van der Waals surface area contributed by atoms with Crippen LogP contribution in [-0.4, -0.2) is 30.7 Å². The summed E-state index contributed by atoms with van der Waals surface area (Å²) < 4.78 is 13.2. The third kappa shape index (κ3) is 4.29. The Morgan fingerprint density at radius 1 is 1.17 bits per heavy atom. The molecule has 4 heteroatoms. The van der Waals surface area contributed by atoms with Gasteiger partial charge in [-0.2, -0.15) is 0 Å². The highest BCUT2D eigenvalue weighted by Gasteiger charge is 2.20. The lowest BCUT2D eigenvalue weighted by atomic mass is 10.0. The number of piperidine rings is 1. The Bertz CT molecular complexity index is 622. The van der Waals surface area contributed by atoms with Gasteiger partial charge in [-0.25, -0.2) is 4.39 Å². The van der Waals surface area contributed by atoms with E-state index in [4.69, 9.17) is 0 Å². The minimum Gasteiger partial charge on any atom is -0.371 e. The summed E-state index contributed by atoms with van der Waals surface area (Å²) in [4.78, 5) is 6.41. The maximum Gasteiger partial charge on any atom is 0.123 e. The van der Waals surface area contributed by atoms with E-state index >= 15 is 0 Å². The van der Waals surface area contributed by atoms with Crippen molar-refractivity contribution in [2.75, 3.05) is 24.5 Å². The van der Waals surface area contributed by atoms with Gasteiger partial charge in [0.1, 0.15) is 5.82 Å². The van der Waals surface area contributed by atoms with E-state index in [2.05, 4.69) is 27.3 Å². The summed E-state index contributed by atoms with van der Waals surface area (Å²) in [6.07, 6.45) is 7.00. The summed E-state index contributed by atoms with van der Waals surface area (Å²) in [5.41, 5.74) is 3.52. The molecule has 0 saturated carbocycles. The molecule has 3 nitrogen and oxygen atoms in total. The molecule has 0 bridgehead atoms. The number of hydrogen-bond acceptors (Lipinski definition) is 3. The van der Waals surface area contributed by atoms with Crippen LogP contribution < -0.4 is 10.2 Å². The maximum absolute atomic E-state index is 13.2. The highest BCUT2D eigenvalue weighted by atomic mass is 19.1. The van der Waals surface area contributed by atoms with Crippen LogP contribution in [0.15, 0.2) is 42.7 Å². The highest BCUT2D eigenvalue weighted by molar-refractivity contribution is 5.53. The molecular weight excluding hydrogens is 289 g/mol. The van der Waals surface area contributed by atoms with Crippen molar-refractivity contribution in [3.05, 3.63) is 59.7 Å². The standard InChI is InChI=1S/C19H24FN3/c1-15-14-17(20)2-3-19(15)23-12-7-18(8-13-23)22-11-6-16-4-9-21-10-5-16/h2-5,9-10,14,18,22H,6-8,11-13H2,1H3. The second kappa shape index (κ2) is 7.55. The summed E-state index contributed by atoms with van der Waals surface area (Å²) in [5, 5.41) is 3.66. The average Bonchev–Trinajstić information content (AvgIpc) is 2.57. The molecule has 1 aromatic carbocycles. The number of nitrogens with one attached hydrogen (secondary N) is 1. The van der Waals surface area contributed by atoms with E-state index in [0.29, 0.717) is 6.04 Å². The summed E-state index contributed by atoms with van der Waals surface area (Å²) in [6, 6.07) is 9.80. The lowest BCUT2D eigenvalue weighted by molar-refractivity contribution is 0.417. The topological polar surface area (TPSA) is 28.2 Å². The number of nitrogens with zero attached hydrogens (tertiary/aromatic N) is 2. The first-order valence-electron chi connectivity index (χ1n) is 8.36. The molecule has 0 amide bonds. The van der Waals surface area contributed by atoms with Gasteiger partial charge in [-0.3, -0.25) is 4.98 Å². The minimum absolute atomic E-state index is 0.154. The summed E-state index contributed by atoms with van der Waals surface area (Å²) in [7, 11) is 0. The van der Waals surface area contributed by atoms with Crippen LogP contribution in [0.5, 0.6) is 0 Å². The zero-order valence-electron chi connectivity index (χ0n) is 13.6. The van der Waals surface area contributed by atoms with Crippen LogP contribution >= 0.6 is 0 Å². The van der Waals surface area contributed by atoms with Crippen LogP contribution in [0, 0.1) is 12.7 Å². The molecule has 2 aromatic rings. The SMILES string of the molecule is Cc1cc(F)ccc1N1CCC(NCCc2ccncc2)CC1. The smallest absolute Gasteiger partial charge is 0.123 e. The van der Waals surface area contributed by atoms with E-state index in [1.54, 1.807) is 12.1 Å². The van der Waals surface area contributed by atoms with Gasteiger partial charge in [0, 0.05) is 37.2 Å². The third-order valence-corrected chi connectivity index (χ3v) is 4.59. The normalized spacial score (nSPS) is 15.8. The Morgan fingerprint density at radius 3 is 2.61 bits per heavy atom. The van der Waals surface area contributed by atoms with Crippen molar-refractivity contribution < 1.29 is 4.39 Å². The average molecular weight is 313 g/mol. The fourth-order valence-corrected chi connectivity index (χ4v) is 3.27. The molecule has 0 aliphatic carbocycles. The molecule has 1 saturated heterocycles. The number of halogens is 1. The number of rotatable bonds is 5. The van der Waals surface area contributed by atoms with Crippen LogP contribution in [0.2, 0.25) is 0 Å². The highest BCUT2D eigenvalue weighted by Crippen LogP contribution is 2.24. The summed E-state index contributed by atoms with van der Waals surface area (Å²) in [6.45, 7) is 5.04. The van der Waals surface area contributed by atoms with Crippen molar-refractivity contribution >= 4 is 5.69 Å². The Hall–Kier alpha value is -1.94. The zero-order valence-corrected chi connectivity index (χ0v) is 13.6. The quantitative estimate of drug-likeness (QED) is 0.918. The number of aryl methyl sites for hydroxylation is 1. The molecule has 0 radical (unpaired) electrons. The Labute approximate surface area is 137 Å². The predicted molar refractivity (Wildman–Crippen MR) is 92.3 cm³/mol. The van der Waals surface area contributed by atoms with Crippen molar-refractivity contribution in [1.29, 1.82) is 0 Å². The number of aromatic nitrogens is 1. The molecule has 1 fully saturated rings. The van der Waals surface area contributed by atoms with Crippen molar-refractivity contribution in [1.82, 2.24) is 10.3 Å². The van der Waals surface area contributed by atoms with Crippen molar-refractivity contribution in [2.45, 2.75) is 32.2 Å². The lowest BCUT2D eigenvalue weighted by Gasteiger charge is -2.35. The van der Waals surface area contributed by atoms with Crippen molar-refractivity contribution in [3.63, 3.8) is 0 Å². The van der Waals surface area contributed by atoms with E-state index in [9.17, 15) is 4.39 Å². The molecule has 1 aliphatic rings. The van der Waals surface area contributed by atoms with Gasteiger partial charge >= 0.3 is 0 Å².